The van der Waals surface area contributed by atoms with Crippen molar-refractivity contribution in [2.45, 2.75) is 31.3 Å². The molecule has 0 unspecified atom stereocenters. The van der Waals surface area contributed by atoms with Crippen LogP contribution < -0.4 is 24.8 Å². The van der Waals surface area contributed by atoms with Crippen molar-refractivity contribution in [1.82, 2.24) is 10.6 Å². The van der Waals surface area contributed by atoms with E-state index in [1.807, 2.05) is 0 Å². The Bertz CT molecular complexity index is 1640. The number of aliphatic hydroxyl groups is 1. The summed E-state index contributed by atoms with van der Waals surface area (Å²) in [7, 11) is 2.73. The largest absolute Gasteiger partial charge is 0.508 e. The molecule has 0 saturated heterocycles. The summed E-state index contributed by atoms with van der Waals surface area (Å²) in [5.74, 6) is -6.27. The van der Waals surface area contributed by atoms with Crippen LogP contribution in [0.3, 0.4) is 0 Å². The second kappa shape index (κ2) is 15.3. The highest BCUT2D eigenvalue weighted by atomic mass is 16.5. The summed E-state index contributed by atoms with van der Waals surface area (Å²) in [6.45, 7) is 1.77. The number of ketones is 1. The first-order valence-electron chi connectivity index (χ1n) is 15.0. The van der Waals surface area contributed by atoms with E-state index in [0.717, 1.165) is 0 Å². The number of phenolic OH excluding ortho intramolecular Hbond substituents is 1. The van der Waals surface area contributed by atoms with E-state index < -0.39 is 35.1 Å². The molecule has 47 heavy (non-hydrogen) atoms. The topological polar surface area (TPSA) is 181 Å². The molecule has 1 aliphatic heterocycles. The van der Waals surface area contributed by atoms with Gasteiger partial charge in [-0.2, -0.15) is 0 Å². The van der Waals surface area contributed by atoms with Crippen molar-refractivity contribution in [3.63, 3.8) is 0 Å². The lowest BCUT2D eigenvalue weighted by Crippen LogP contribution is -2.52. The van der Waals surface area contributed by atoms with Gasteiger partial charge in [-0.15, -0.1) is 0 Å². The minimum absolute atomic E-state index is 0.0298. The van der Waals surface area contributed by atoms with E-state index in [1.165, 1.54) is 56.7 Å². The number of hydrogen-bond donors (Lipinski definition) is 5. The zero-order valence-corrected chi connectivity index (χ0v) is 26.3. The lowest BCUT2D eigenvalue weighted by molar-refractivity contribution is -0.160. The summed E-state index contributed by atoms with van der Waals surface area (Å²) in [6, 6.07) is 16.5. The number of aromatic hydroxyl groups is 1. The monoisotopic (exact) mass is 646 g/mol. The molecule has 248 valence electrons. The number of amides is 2. The zero-order chi connectivity index (χ0) is 34.1. The highest BCUT2D eigenvalue weighted by Gasteiger charge is 2.60. The second-order valence-corrected chi connectivity index (χ2v) is 10.9. The third-order valence-electron chi connectivity index (χ3n) is 8.07. The number of aliphatic carboxylic acids is 1. The summed E-state index contributed by atoms with van der Waals surface area (Å²) in [6.07, 6.45) is 2.32. The molecule has 0 radical (unpaired) electrons. The number of ether oxygens (including phenoxy) is 3. The maximum atomic E-state index is 14.6. The van der Waals surface area contributed by atoms with Crippen LogP contribution in [0.2, 0.25) is 0 Å². The number of nitrogens with one attached hydrogen (secondary N) is 2. The van der Waals surface area contributed by atoms with E-state index >= 15 is 0 Å². The van der Waals surface area contributed by atoms with Gasteiger partial charge in [-0.3, -0.25) is 14.4 Å². The lowest BCUT2D eigenvalue weighted by atomic mass is 9.68. The minimum atomic E-state index is -2.35. The van der Waals surface area contributed by atoms with Gasteiger partial charge in [0, 0.05) is 36.4 Å². The van der Waals surface area contributed by atoms with Crippen molar-refractivity contribution >= 4 is 23.6 Å². The van der Waals surface area contributed by atoms with Crippen LogP contribution in [0.15, 0.2) is 78.4 Å². The Morgan fingerprint density at radius 1 is 0.957 bits per heavy atom. The van der Waals surface area contributed by atoms with E-state index in [-0.39, 0.29) is 53.2 Å². The van der Waals surface area contributed by atoms with E-state index in [1.54, 1.807) is 37.3 Å². The van der Waals surface area contributed by atoms with E-state index in [4.69, 9.17) is 19.3 Å². The van der Waals surface area contributed by atoms with Crippen molar-refractivity contribution in [2.75, 3.05) is 33.9 Å². The van der Waals surface area contributed by atoms with Crippen LogP contribution >= 0.6 is 0 Å². The number of carbonyl (C=O) groups excluding carboxylic acids is 3. The molecular weight excluding hydrogens is 608 g/mol. The second-order valence-electron chi connectivity index (χ2n) is 10.9. The maximum Gasteiger partial charge on any atom is 0.353 e. The van der Waals surface area contributed by atoms with Gasteiger partial charge in [0.15, 0.2) is 5.78 Å². The van der Waals surface area contributed by atoms with Crippen LogP contribution in [0.5, 0.6) is 23.0 Å². The van der Waals surface area contributed by atoms with Crippen LogP contribution in [0, 0.1) is 5.92 Å². The van der Waals surface area contributed by atoms with Gasteiger partial charge in [-0.1, -0.05) is 48.5 Å². The van der Waals surface area contributed by atoms with Crippen molar-refractivity contribution in [2.24, 2.45) is 5.92 Å². The van der Waals surface area contributed by atoms with Crippen LogP contribution in [-0.4, -0.2) is 72.8 Å². The summed E-state index contributed by atoms with van der Waals surface area (Å²) in [5, 5.41) is 35.6. The van der Waals surface area contributed by atoms with Gasteiger partial charge < -0.3 is 40.2 Å². The molecule has 12 heteroatoms. The Kier molecular flexibility index (Phi) is 11.2. The highest BCUT2D eigenvalue weighted by Crippen LogP contribution is 2.52. The predicted octanol–water partition coefficient (Wildman–Crippen LogP) is 3.32. The molecule has 0 fully saturated rings. The van der Waals surface area contributed by atoms with Crippen LogP contribution in [-0.2, 0) is 20.0 Å². The number of Topliss-reactive ketones (excluding diaryl/α,β-unsaturated/α-hetero) is 1. The number of carbonyl (C=O) groups is 4. The van der Waals surface area contributed by atoms with Gasteiger partial charge in [0.1, 0.15) is 34.5 Å². The Morgan fingerprint density at radius 2 is 1.62 bits per heavy atom. The van der Waals surface area contributed by atoms with Crippen molar-refractivity contribution in [3.8, 4) is 23.0 Å². The number of aliphatic hydroxyl groups excluding tert-OH is 1. The summed E-state index contributed by atoms with van der Waals surface area (Å²) < 4.78 is 17.4. The SMILES string of the molecule is COc1cc(OC)c2c(c1)O[C@](C(=O)O)(c1ccc(O)cc1)[C@H](c1ccccc1)[C@@H](C(=O)NCCCCNC(=O)/C(C)=C/CO)C2=O. The number of fused-ring (bicyclic) bond motifs is 1. The number of phenols is 1. The Labute approximate surface area is 272 Å². The summed E-state index contributed by atoms with van der Waals surface area (Å²) >= 11 is 0. The molecule has 12 nitrogen and oxygen atoms in total. The number of methoxy groups -OCH3 is 2. The molecule has 3 atom stereocenters. The summed E-state index contributed by atoms with van der Waals surface area (Å²) in [4.78, 5) is 54.5. The molecule has 0 saturated carbocycles. The molecule has 4 rings (SSSR count). The Morgan fingerprint density at radius 3 is 2.21 bits per heavy atom. The zero-order valence-electron chi connectivity index (χ0n) is 26.3. The first kappa shape index (κ1) is 34.5. The fraction of sp³-hybridized carbons (Fsp3) is 0.314. The average Bonchev–Trinajstić information content (AvgIpc) is 3.19. The van der Waals surface area contributed by atoms with E-state index in [0.29, 0.717) is 30.5 Å². The maximum absolute atomic E-state index is 14.6. The molecule has 3 aromatic carbocycles. The molecule has 1 heterocycles. The standard InChI is InChI=1S/C35H38N2O10/c1-21(15-18-38)32(41)36-16-7-8-17-37-33(42)29-30(22-9-5-4-6-10-22)35(34(43)44,23-11-13-24(39)14-12-23)47-27-20-25(45-2)19-26(46-3)28(27)31(29)40/h4-6,9-15,19-20,29-30,38-39H,7-8,16-18H2,1-3H3,(H,36,41)(H,37,42)(H,43,44)/b21-15+/t29-,30-,35-/m1/s1. The molecule has 2 amide bonds. The van der Waals surface area contributed by atoms with Gasteiger partial charge in [-0.05, 0) is 37.5 Å². The molecule has 0 bridgehead atoms. The minimum Gasteiger partial charge on any atom is -0.508 e. The van der Waals surface area contributed by atoms with Crippen LogP contribution in [0.1, 0.15) is 47.2 Å². The molecule has 5 N–H and O–H groups in total. The molecule has 0 aliphatic carbocycles. The number of hydrogen-bond acceptors (Lipinski definition) is 9. The lowest BCUT2D eigenvalue weighted by Gasteiger charge is -2.39. The molecule has 0 aromatic heterocycles. The first-order valence-corrected chi connectivity index (χ1v) is 15.0. The fourth-order valence-corrected chi connectivity index (χ4v) is 5.69. The van der Waals surface area contributed by atoms with Gasteiger partial charge in [0.05, 0.1) is 26.7 Å². The molecule has 0 spiro atoms. The highest BCUT2D eigenvalue weighted by molar-refractivity contribution is 6.15. The van der Waals surface area contributed by atoms with Crippen molar-refractivity contribution in [3.05, 3.63) is 95.1 Å². The molecule has 3 aromatic rings. The average molecular weight is 647 g/mol. The van der Waals surface area contributed by atoms with Gasteiger partial charge in [0.2, 0.25) is 17.4 Å². The quantitative estimate of drug-likeness (QED) is 0.105. The molecule has 1 aliphatic rings. The number of carboxylic acid groups (broad SMARTS) is 1. The fourth-order valence-electron chi connectivity index (χ4n) is 5.69. The smallest absolute Gasteiger partial charge is 0.353 e. The predicted molar refractivity (Wildman–Crippen MR) is 171 cm³/mol. The van der Waals surface area contributed by atoms with E-state index in [9.17, 15) is 29.4 Å². The number of rotatable bonds is 13. The third kappa shape index (κ3) is 7.23. The number of benzene rings is 3. The van der Waals surface area contributed by atoms with Gasteiger partial charge in [0.25, 0.3) is 0 Å². The van der Waals surface area contributed by atoms with Gasteiger partial charge >= 0.3 is 5.97 Å². The Hall–Kier alpha value is -5.36. The molecular formula is C35H38N2O10. The summed E-state index contributed by atoms with van der Waals surface area (Å²) in [5.41, 5.74) is -1.65. The van der Waals surface area contributed by atoms with Crippen molar-refractivity contribution < 1.29 is 48.7 Å². The Balaban J connectivity index is 1.80. The van der Waals surface area contributed by atoms with E-state index in [2.05, 4.69) is 10.6 Å². The first-order chi connectivity index (χ1) is 22.6. The van der Waals surface area contributed by atoms with Crippen LogP contribution in [0.4, 0.5) is 0 Å². The normalized spacial score (nSPS) is 19.1. The number of unbranched alkanes of at least 4 members (excludes halogenated alkanes) is 1. The van der Waals surface area contributed by atoms with Gasteiger partial charge in [-0.25, -0.2) is 4.79 Å². The number of carboxylic acids is 1. The van der Waals surface area contributed by atoms with Crippen molar-refractivity contribution in [1.29, 1.82) is 0 Å². The van der Waals surface area contributed by atoms with Crippen LogP contribution in [0.25, 0.3) is 0 Å². The third-order valence-corrected chi connectivity index (χ3v) is 8.07.